The van der Waals surface area contributed by atoms with Crippen molar-refractivity contribution in [2.45, 2.75) is 22.1 Å². The molecule has 1 aromatic heterocycles. The average Bonchev–Trinajstić information content (AvgIpc) is 2.29. The zero-order valence-electron chi connectivity index (χ0n) is 9.99. The van der Waals surface area contributed by atoms with Gasteiger partial charge in [0, 0.05) is 25.5 Å². The number of aliphatic hydroxyl groups excluding tert-OH is 1. The lowest BCUT2D eigenvalue weighted by molar-refractivity contribution is 0.300. The monoisotopic (exact) mass is 276 g/mol. The van der Waals surface area contributed by atoms with Crippen LogP contribution in [0.4, 0.5) is 0 Å². The maximum atomic E-state index is 11.8. The highest BCUT2D eigenvalue weighted by atomic mass is 32.2. The average molecular weight is 276 g/mol. The largest absolute Gasteiger partial charge is 0.395 e. The number of aliphatic hydroxyl groups is 1. The summed E-state index contributed by atoms with van der Waals surface area (Å²) in [4.78, 5) is 4.23. The van der Waals surface area contributed by atoms with E-state index in [1.165, 1.54) is 38.1 Å². The molecule has 96 valence electrons. The minimum atomic E-state index is -3.42. The molecule has 0 aromatic carbocycles. The van der Waals surface area contributed by atoms with Crippen LogP contribution in [-0.4, -0.2) is 48.8 Å². The van der Waals surface area contributed by atoms with Crippen LogP contribution in [0, 0.1) is 0 Å². The van der Waals surface area contributed by atoms with Crippen molar-refractivity contribution in [2.75, 3.05) is 20.7 Å². The van der Waals surface area contributed by atoms with Gasteiger partial charge in [0.1, 0.15) is 4.90 Å². The highest BCUT2D eigenvalue weighted by molar-refractivity contribution is 7.99. The SMILES string of the molecule is CC(CO)Sc1ccc(S(=O)(=O)N(C)C)cn1. The second kappa shape index (κ2) is 5.81. The van der Waals surface area contributed by atoms with Gasteiger partial charge in [-0.3, -0.25) is 0 Å². The molecule has 1 heterocycles. The van der Waals surface area contributed by atoms with E-state index in [1.54, 1.807) is 6.07 Å². The van der Waals surface area contributed by atoms with Crippen LogP contribution in [0.15, 0.2) is 28.3 Å². The molecule has 0 amide bonds. The normalized spacial score (nSPS) is 13.9. The molecular formula is C10H16N2O3S2. The van der Waals surface area contributed by atoms with Crippen LogP contribution in [0.5, 0.6) is 0 Å². The number of rotatable bonds is 5. The number of hydrogen-bond acceptors (Lipinski definition) is 5. The van der Waals surface area contributed by atoms with Crippen molar-refractivity contribution in [1.82, 2.24) is 9.29 Å². The number of nitrogens with zero attached hydrogens (tertiary/aromatic N) is 2. The van der Waals surface area contributed by atoms with Gasteiger partial charge in [0.05, 0.1) is 11.6 Å². The third-order valence-electron chi connectivity index (χ3n) is 2.07. The van der Waals surface area contributed by atoms with Crippen molar-refractivity contribution in [3.8, 4) is 0 Å². The lowest BCUT2D eigenvalue weighted by Gasteiger charge is -2.11. The van der Waals surface area contributed by atoms with Crippen LogP contribution < -0.4 is 0 Å². The molecule has 1 rings (SSSR count). The predicted molar refractivity (Wildman–Crippen MR) is 67.5 cm³/mol. The molecule has 5 nitrogen and oxygen atoms in total. The Morgan fingerprint density at radius 2 is 2.12 bits per heavy atom. The molecule has 1 aromatic rings. The van der Waals surface area contributed by atoms with Crippen molar-refractivity contribution >= 4 is 21.8 Å². The molecule has 0 saturated carbocycles. The fourth-order valence-corrected chi connectivity index (χ4v) is 2.64. The van der Waals surface area contributed by atoms with E-state index in [2.05, 4.69) is 4.98 Å². The third kappa shape index (κ3) is 3.67. The van der Waals surface area contributed by atoms with Gasteiger partial charge in [-0.25, -0.2) is 17.7 Å². The van der Waals surface area contributed by atoms with E-state index in [0.29, 0.717) is 5.03 Å². The second-order valence-corrected chi connectivity index (χ2v) is 7.34. The highest BCUT2D eigenvalue weighted by Gasteiger charge is 2.17. The molecule has 0 aliphatic heterocycles. The summed E-state index contributed by atoms with van der Waals surface area (Å²) in [5.74, 6) is 0. The number of thioether (sulfide) groups is 1. The van der Waals surface area contributed by atoms with E-state index in [4.69, 9.17) is 5.11 Å². The quantitative estimate of drug-likeness (QED) is 0.806. The number of aromatic nitrogens is 1. The summed E-state index contributed by atoms with van der Waals surface area (Å²) in [6, 6.07) is 3.17. The van der Waals surface area contributed by atoms with Gasteiger partial charge < -0.3 is 5.11 Å². The van der Waals surface area contributed by atoms with E-state index in [-0.39, 0.29) is 16.8 Å². The lowest BCUT2D eigenvalue weighted by atomic mass is 10.5. The van der Waals surface area contributed by atoms with Crippen molar-refractivity contribution < 1.29 is 13.5 Å². The van der Waals surface area contributed by atoms with Crippen LogP contribution in [0.1, 0.15) is 6.92 Å². The first-order valence-corrected chi connectivity index (χ1v) is 7.36. The molecule has 1 atom stereocenters. The van der Waals surface area contributed by atoms with E-state index >= 15 is 0 Å². The molecular weight excluding hydrogens is 260 g/mol. The topological polar surface area (TPSA) is 70.5 Å². The van der Waals surface area contributed by atoms with Gasteiger partial charge in [0.2, 0.25) is 10.0 Å². The highest BCUT2D eigenvalue weighted by Crippen LogP contribution is 2.22. The molecule has 1 N–H and O–H groups in total. The molecule has 0 aliphatic rings. The maximum Gasteiger partial charge on any atom is 0.244 e. The standard InChI is InChI=1S/C10H16N2O3S2/c1-8(7-13)16-10-5-4-9(6-11-10)17(14,15)12(2)3/h4-6,8,13H,7H2,1-3H3. The Morgan fingerprint density at radius 1 is 1.47 bits per heavy atom. The molecule has 0 bridgehead atoms. The summed E-state index contributed by atoms with van der Waals surface area (Å²) in [6.07, 6.45) is 1.34. The van der Waals surface area contributed by atoms with Gasteiger partial charge in [-0.2, -0.15) is 0 Å². The Balaban J connectivity index is 2.89. The molecule has 0 radical (unpaired) electrons. The van der Waals surface area contributed by atoms with Crippen molar-refractivity contribution in [1.29, 1.82) is 0 Å². The Kier molecular flexibility index (Phi) is 4.93. The van der Waals surface area contributed by atoms with Gasteiger partial charge in [-0.05, 0) is 12.1 Å². The van der Waals surface area contributed by atoms with Gasteiger partial charge in [-0.1, -0.05) is 6.92 Å². The number of sulfonamides is 1. The van der Waals surface area contributed by atoms with Crippen LogP contribution in [-0.2, 0) is 10.0 Å². The Hall–Kier alpha value is -0.630. The molecule has 17 heavy (non-hydrogen) atoms. The summed E-state index contributed by atoms with van der Waals surface area (Å²) in [7, 11) is -0.459. The molecule has 0 saturated heterocycles. The predicted octanol–water partition coefficient (Wildman–Crippen LogP) is 0.805. The van der Waals surface area contributed by atoms with Gasteiger partial charge in [-0.15, -0.1) is 11.8 Å². The first-order valence-electron chi connectivity index (χ1n) is 5.04. The first kappa shape index (κ1) is 14.4. The zero-order chi connectivity index (χ0) is 13.1. The maximum absolute atomic E-state index is 11.8. The summed E-state index contributed by atoms with van der Waals surface area (Å²) in [5.41, 5.74) is 0. The first-order chi connectivity index (χ1) is 7.87. The third-order valence-corrected chi connectivity index (χ3v) is 4.90. The Bertz CT molecular complexity index is 457. The van der Waals surface area contributed by atoms with Gasteiger partial charge in [0.25, 0.3) is 0 Å². The second-order valence-electron chi connectivity index (χ2n) is 3.73. The van der Waals surface area contributed by atoms with Crippen LogP contribution in [0.2, 0.25) is 0 Å². The summed E-state index contributed by atoms with van der Waals surface area (Å²) in [5, 5.41) is 9.64. The zero-order valence-corrected chi connectivity index (χ0v) is 11.6. The molecule has 0 spiro atoms. The molecule has 7 heteroatoms. The van der Waals surface area contributed by atoms with Crippen molar-refractivity contribution in [2.24, 2.45) is 0 Å². The van der Waals surface area contributed by atoms with E-state index in [0.717, 1.165) is 4.31 Å². The summed E-state index contributed by atoms with van der Waals surface area (Å²) in [6.45, 7) is 1.93. The minimum absolute atomic E-state index is 0.0406. The van der Waals surface area contributed by atoms with Gasteiger partial charge >= 0.3 is 0 Å². The molecule has 1 unspecified atom stereocenters. The van der Waals surface area contributed by atoms with Crippen LogP contribution >= 0.6 is 11.8 Å². The van der Waals surface area contributed by atoms with E-state index < -0.39 is 10.0 Å². The summed E-state index contributed by atoms with van der Waals surface area (Å²) >= 11 is 1.40. The van der Waals surface area contributed by atoms with Crippen molar-refractivity contribution in [3.63, 3.8) is 0 Å². The smallest absolute Gasteiger partial charge is 0.244 e. The van der Waals surface area contributed by atoms with Gasteiger partial charge in [0.15, 0.2) is 0 Å². The number of hydrogen-bond donors (Lipinski definition) is 1. The molecule has 0 aliphatic carbocycles. The summed E-state index contributed by atoms with van der Waals surface area (Å²) < 4.78 is 24.7. The fraction of sp³-hybridized carbons (Fsp3) is 0.500. The van der Waals surface area contributed by atoms with Crippen molar-refractivity contribution in [3.05, 3.63) is 18.3 Å². The molecule has 0 fully saturated rings. The Labute approximate surface area is 106 Å². The lowest BCUT2D eigenvalue weighted by Crippen LogP contribution is -2.22. The number of pyridine rings is 1. The van der Waals surface area contributed by atoms with E-state index in [1.807, 2.05) is 6.92 Å². The van der Waals surface area contributed by atoms with Crippen LogP contribution in [0.3, 0.4) is 0 Å². The Morgan fingerprint density at radius 3 is 2.53 bits per heavy atom. The minimum Gasteiger partial charge on any atom is -0.395 e. The van der Waals surface area contributed by atoms with E-state index in [9.17, 15) is 8.42 Å². The van der Waals surface area contributed by atoms with Crippen LogP contribution in [0.25, 0.3) is 0 Å². The fourth-order valence-electron chi connectivity index (χ4n) is 1.04.